The van der Waals surface area contributed by atoms with Crippen molar-refractivity contribution in [1.82, 2.24) is 9.47 Å². The fourth-order valence-electron chi connectivity index (χ4n) is 5.26. The van der Waals surface area contributed by atoms with E-state index in [1.54, 1.807) is 0 Å². The number of aromatic nitrogens is 1. The average molecular weight is 474 g/mol. The van der Waals surface area contributed by atoms with Gasteiger partial charge in [-0.05, 0) is 62.5 Å². The van der Waals surface area contributed by atoms with E-state index < -0.39 is 0 Å². The molecule has 5 rings (SSSR count). The number of aryl methyl sites for hydroxylation is 1. The predicted octanol–water partition coefficient (Wildman–Crippen LogP) is 6.95. The third kappa shape index (κ3) is 5.16. The van der Waals surface area contributed by atoms with Crippen LogP contribution in [0.3, 0.4) is 0 Å². The number of rotatable bonds is 8. The number of hydrogen-bond donors (Lipinski definition) is 0. The van der Waals surface area contributed by atoms with Crippen molar-refractivity contribution >= 4 is 39.2 Å². The van der Waals surface area contributed by atoms with Crippen LogP contribution in [0, 0.1) is 11.8 Å². The lowest BCUT2D eigenvalue weighted by Crippen LogP contribution is -2.36. The van der Waals surface area contributed by atoms with Gasteiger partial charge < -0.3 is 9.47 Å². The van der Waals surface area contributed by atoms with Crippen molar-refractivity contribution in [2.75, 3.05) is 19.6 Å². The summed E-state index contributed by atoms with van der Waals surface area (Å²) >= 11 is 1.94. The fourth-order valence-corrected chi connectivity index (χ4v) is 6.44. The van der Waals surface area contributed by atoms with Crippen molar-refractivity contribution in [2.45, 2.75) is 51.8 Å². The lowest BCUT2D eigenvalue weighted by Gasteiger charge is -2.33. The molecule has 1 aromatic heterocycles. The molecule has 0 atom stereocenters. The Kier molecular flexibility index (Phi) is 7.21. The molecule has 1 saturated heterocycles. The van der Waals surface area contributed by atoms with Crippen LogP contribution in [0.5, 0.6) is 0 Å². The smallest absolute Gasteiger partial charge is 0.165 e. The topological polar surface area (TPSA) is 37.6 Å². The van der Waals surface area contributed by atoms with Crippen molar-refractivity contribution in [1.29, 1.82) is 0 Å². The molecule has 4 nitrogen and oxygen atoms in total. The zero-order chi connectivity index (χ0) is 23.5. The van der Waals surface area contributed by atoms with Gasteiger partial charge in [0.25, 0.3) is 0 Å². The maximum Gasteiger partial charge on any atom is 0.165 e. The van der Waals surface area contributed by atoms with Gasteiger partial charge in [-0.15, -0.1) is 11.8 Å². The Bertz CT molecular complexity index is 1190. The Morgan fingerprint density at radius 2 is 1.82 bits per heavy atom. The lowest BCUT2D eigenvalue weighted by molar-refractivity contribution is 0.0969. The highest BCUT2D eigenvalue weighted by atomic mass is 32.2. The van der Waals surface area contributed by atoms with Crippen LogP contribution in [0.1, 0.15) is 55.5 Å². The molecule has 0 saturated carbocycles. The minimum Gasteiger partial charge on any atom is -0.347 e. The van der Waals surface area contributed by atoms with Gasteiger partial charge in [0.05, 0.1) is 10.7 Å². The zero-order valence-electron chi connectivity index (χ0n) is 20.4. The number of nitrogens with zero attached hydrogens (tertiary/aromatic N) is 3. The molecular weight excluding hydrogens is 438 g/mol. The summed E-state index contributed by atoms with van der Waals surface area (Å²) in [5.41, 5.74) is 4.60. The summed E-state index contributed by atoms with van der Waals surface area (Å²) in [6.45, 7) is 8.58. The third-order valence-electron chi connectivity index (χ3n) is 7.09. The molecule has 1 fully saturated rings. The number of fused-ring (bicyclic) bond motifs is 2. The first-order valence-electron chi connectivity index (χ1n) is 12.7. The molecule has 5 heteroatoms. The number of hydrogen-bond acceptors (Lipinski definition) is 4. The van der Waals surface area contributed by atoms with E-state index >= 15 is 0 Å². The molecule has 2 aliphatic rings. The van der Waals surface area contributed by atoms with Crippen molar-refractivity contribution in [3.05, 3.63) is 65.9 Å². The van der Waals surface area contributed by atoms with Crippen molar-refractivity contribution in [3.63, 3.8) is 0 Å². The highest BCUT2D eigenvalue weighted by Gasteiger charge is 2.26. The summed E-state index contributed by atoms with van der Waals surface area (Å²) in [4.78, 5) is 20.4. The van der Waals surface area contributed by atoms with E-state index in [1.165, 1.54) is 34.7 Å². The molecule has 178 valence electrons. The van der Waals surface area contributed by atoms with Gasteiger partial charge in [0, 0.05) is 47.3 Å². The van der Waals surface area contributed by atoms with Gasteiger partial charge in [0.15, 0.2) is 5.78 Å². The largest absolute Gasteiger partial charge is 0.347 e. The summed E-state index contributed by atoms with van der Waals surface area (Å²) in [7, 11) is 0. The molecule has 2 aliphatic heterocycles. The number of carbonyl (C=O) groups is 1. The SMILES string of the molecule is CC(C)CC(=O)c1cn(CCCN2CCC(C3=Nc4ccccc4CS3)CC2)c2ccccc12. The zero-order valence-corrected chi connectivity index (χ0v) is 21.2. The molecule has 0 radical (unpaired) electrons. The van der Waals surface area contributed by atoms with Gasteiger partial charge >= 0.3 is 0 Å². The van der Waals surface area contributed by atoms with Gasteiger partial charge in [-0.25, -0.2) is 4.99 Å². The molecule has 0 amide bonds. The number of thioether (sulfide) groups is 1. The van der Waals surface area contributed by atoms with Crippen LogP contribution in [0.15, 0.2) is 59.7 Å². The number of ketones is 1. The lowest BCUT2D eigenvalue weighted by atomic mass is 9.97. The summed E-state index contributed by atoms with van der Waals surface area (Å²) in [5.74, 6) is 2.31. The van der Waals surface area contributed by atoms with Crippen molar-refractivity contribution in [2.24, 2.45) is 16.8 Å². The summed E-state index contributed by atoms with van der Waals surface area (Å²) in [6.07, 6.45) is 6.21. The van der Waals surface area contributed by atoms with Crippen LogP contribution < -0.4 is 0 Å². The first-order valence-corrected chi connectivity index (χ1v) is 13.7. The summed E-state index contributed by atoms with van der Waals surface area (Å²) < 4.78 is 2.29. The van der Waals surface area contributed by atoms with Crippen LogP contribution in [0.4, 0.5) is 5.69 Å². The minimum atomic E-state index is 0.262. The number of likely N-dealkylation sites (tertiary alicyclic amines) is 1. The highest BCUT2D eigenvalue weighted by molar-refractivity contribution is 8.13. The van der Waals surface area contributed by atoms with E-state index in [9.17, 15) is 4.79 Å². The van der Waals surface area contributed by atoms with Gasteiger partial charge in [0.1, 0.15) is 0 Å². The van der Waals surface area contributed by atoms with Crippen LogP contribution in [-0.4, -0.2) is 39.9 Å². The summed E-state index contributed by atoms with van der Waals surface area (Å²) in [6, 6.07) is 16.9. The maximum atomic E-state index is 12.8. The number of Topliss-reactive ketones (excluding diaryl/α,β-unsaturated/α-hetero) is 1. The van der Waals surface area contributed by atoms with Gasteiger partial charge in [-0.3, -0.25) is 4.79 Å². The number of benzene rings is 2. The molecule has 2 aromatic carbocycles. The Labute approximate surface area is 207 Å². The fraction of sp³-hybridized carbons (Fsp3) is 0.448. The Morgan fingerprint density at radius 1 is 1.06 bits per heavy atom. The number of piperidine rings is 1. The molecule has 3 heterocycles. The van der Waals surface area contributed by atoms with Crippen LogP contribution >= 0.6 is 11.8 Å². The van der Waals surface area contributed by atoms with E-state index in [1.807, 2.05) is 17.8 Å². The van der Waals surface area contributed by atoms with E-state index in [4.69, 9.17) is 4.99 Å². The van der Waals surface area contributed by atoms with Crippen LogP contribution in [0.2, 0.25) is 0 Å². The normalized spacial score (nSPS) is 17.2. The maximum absolute atomic E-state index is 12.8. The van der Waals surface area contributed by atoms with Crippen molar-refractivity contribution < 1.29 is 4.79 Å². The molecule has 34 heavy (non-hydrogen) atoms. The molecule has 0 N–H and O–H groups in total. The predicted molar refractivity (Wildman–Crippen MR) is 144 cm³/mol. The minimum absolute atomic E-state index is 0.262. The first kappa shape index (κ1) is 23.4. The number of para-hydroxylation sites is 2. The van der Waals surface area contributed by atoms with Crippen molar-refractivity contribution in [3.8, 4) is 0 Å². The molecule has 3 aromatic rings. The average Bonchev–Trinajstić information content (AvgIpc) is 3.23. The standard InChI is InChI=1S/C29H35N3OS/c1-21(2)18-28(33)25-19-32(27-11-6-4-9-24(25)27)15-7-14-31-16-12-22(13-17-31)29-30-26-10-5-3-8-23(26)20-34-29/h3-6,8-11,19,21-22H,7,12-18,20H2,1-2H3. The third-order valence-corrected chi connectivity index (χ3v) is 8.27. The highest BCUT2D eigenvalue weighted by Crippen LogP contribution is 2.36. The van der Waals surface area contributed by atoms with Gasteiger partial charge in [-0.2, -0.15) is 0 Å². The Balaban J connectivity index is 1.16. The Morgan fingerprint density at radius 3 is 2.65 bits per heavy atom. The molecule has 0 spiro atoms. The van der Waals surface area contributed by atoms with E-state index in [2.05, 4.69) is 72.0 Å². The van der Waals surface area contributed by atoms with Gasteiger partial charge in [0.2, 0.25) is 0 Å². The second-order valence-electron chi connectivity index (χ2n) is 10.1. The molecule has 0 bridgehead atoms. The number of aliphatic imine (C=N–C) groups is 1. The van der Waals surface area contributed by atoms with Crippen LogP contribution in [0.25, 0.3) is 10.9 Å². The summed E-state index contributed by atoms with van der Waals surface area (Å²) in [5, 5.41) is 2.44. The molecule has 0 aliphatic carbocycles. The van der Waals surface area contributed by atoms with E-state index in [0.29, 0.717) is 18.3 Å². The first-order chi connectivity index (χ1) is 16.6. The van der Waals surface area contributed by atoms with Gasteiger partial charge in [-0.1, -0.05) is 50.2 Å². The molecular formula is C29H35N3OS. The van der Waals surface area contributed by atoms with E-state index in [-0.39, 0.29) is 5.78 Å². The molecule has 0 unspecified atom stereocenters. The monoisotopic (exact) mass is 473 g/mol. The Hall–Kier alpha value is -2.37. The number of carbonyl (C=O) groups excluding carboxylic acids is 1. The van der Waals surface area contributed by atoms with E-state index in [0.717, 1.165) is 49.3 Å². The van der Waals surface area contributed by atoms with Crippen LogP contribution in [-0.2, 0) is 12.3 Å². The quantitative estimate of drug-likeness (QED) is 0.332. The second kappa shape index (κ2) is 10.5. The second-order valence-corrected chi connectivity index (χ2v) is 11.1.